The lowest BCUT2D eigenvalue weighted by Gasteiger charge is -2.11. The van der Waals surface area contributed by atoms with E-state index in [1.165, 1.54) is 18.6 Å². The summed E-state index contributed by atoms with van der Waals surface area (Å²) in [5, 5.41) is 22.5. The molecule has 0 amide bonds. The Kier molecular flexibility index (Phi) is 5.49. The van der Waals surface area contributed by atoms with Gasteiger partial charge in [-0.3, -0.25) is 10.1 Å². The Morgan fingerprint density at radius 2 is 2.17 bits per heavy atom. The first kappa shape index (κ1) is 17.0. The molecule has 0 saturated heterocycles. The van der Waals surface area contributed by atoms with Gasteiger partial charge in [0.25, 0.3) is 5.95 Å². The Labute approximate surface area is 137 Å². The highest BCUT2D eigenvalue weighted by Crippen LogP contribution is 2.38. The van der Waals surface area contributed by atoms with Gasteiger partial charge in [-0.25, -0.2) is 10.1 Å². The third-order valence-corrected chi connectivity index (χ3v) is 2.79. The zero-order chi connectivity index (χ0) is 17.5. The molecule has 24 heavy (non-hydrogen) atoms. The number of nitrogens with one attached hydrogen (secondary N) is 1. The number of benzene rings is 1. The Bertz CT molecular complexity index is 744. The van der Waals surface area contributed by atoms with E-state index < -0.39 is 4.92 Å². The summed E-state index contributed by atoms with van der Waals surface area (Å²) in [7, 11) is 0. The first-order valence-electron chi connectivity index (χ1n) is 7.09. The average molecular weight is 335 g/mol. The van der Waals surface area contributed by atoms with Gasteiger partial charge in [0.1, 0.15) is 6.33 Å². The van der Waals surface area contributed by atoms with E-state index in [2.05, 4.69) is 20.7 Å². The molecule has 1 aromatic carbocycles. The molecule has 1 heterocycles. The highest BCUT2D eigenvalue weighted by Gasteiger charge is 2.22. The van der Waals surface area contributed by atoms with Crippen LogP contribution in [0.4, 0.5) is 11.6 Å². The molecule has 0 aliphatic rings. The van der Waals surface area contributed by atoms with Crippen LogP contribution in [0.1, 0.15) is 19.4 Å². The predicted molar refractivity (Wildman–Crippen MR) is 86.8 cm³/mol. The molecule has 0 bridgehead atoms. The maximum Gasteiger partial charge on any atom is 0.315 e. The number of nitrogens with zero attached hydrogens (tertiary/aromatic N) is 5. The van der Waals surface area contributed by atoms with Gasteiger partial charge in [-0.05, 0) is 19.9 Å². The summed E-state index contributed by atoms with van der Waals surface area (Å²) in [6, 6.07) is 2.94. The summed E-state index contributed by atoms with van der Waals surface area (Å²) in [4.78, 5) is 10.7. The third-order valence-electron chi connectivity index (χ3n) is 2.79. The summed E-state index contributed by atoms with van der Waals surface area (Å²) in [6.45, 7) is 4.13. The fourth-order valence-electron chi connectivity index (χ4n) is 1.86. The number of nitro groups is 1. The second kappa shape index (κ2) is 7.76. The molecule has 11 nitrogen and oxygen atoms in total. The molecule has 2 aromatic rings. The van der Waals surface area contributed by atoms with Crippen LogP contribution in [0.15, 0.2) is 23.6 Å². The molecule has 0 spiro atoms. The first-order chi connectivity index (χ1) is 11.6. The van der Waals surface area contributed by atoms with E-state index in [9.17, 15) is 10.1 Å². The van der Waals surface area contributed by atoms with Crippen LogP contribution in [0.5, 0.6) is 11.5 Å². The van der Waals surface area contributed by atoms with Crippen molar-refractivity contribution in [2.24, 2.45) is 5.10 Å². The van der Waals surface area contributed by atoms with Gasteiger partial charge in [-0.2, -0.15) is 5.10 Å². The molecule has 0 radical (unpaired) electrons. The van der Waals surface area contributed by atoms with E-state index in [1.807, 2.05) is 0 Å². The maximum atomic E-state index is 11.3. The minimum absolute atomic E-state index is 0.0937. The van der Waals surface area contributed by atoms with Gasteiger partial charge in [-0.15, -0.1) is 10.2 Å². The summed E-state index contributed by atoms with van der Waals surface area (Å²) in [5.41, 5.74) is 2.82. The van der Waals surface area contributed by atoms with E-state index >= 15 is 0 Å². The lowest BCUT2D eigenvalue weighted by atomic mass is 10.2. The second-order valence-corrected chi connectivity index (χ2v) is 4.42. The number of hydrogen-bond donors (Lipinski definition) is 2. The number of hydrazone groups is 1. The first-order valence-corrected chi connectivity index (χ1v) is 7.09. The highest BCUT2D eigenvalue weighted by molar-refractivity contribution is 5.83. The molecule has 0 aliphatic heterocycles. The number of nitro benzene ring substituents is 1. The topological polar surface area (TPSA) is 143 Å². The number of hydrogen-bond acceptors (Lipinski definition) is 9. The van der Waals surface area contributed by atoms with E-state index in [-0.39, 0.29) is 29.7 Å². The Hall–Kier alpha value is -3.37. The zero-order valence-electron chi connectivity index (χ0n) is 13.2. The van der Waals surface area contributed by atoms with Crippen molar-refractivity contribution < 1.29 is 14.4 Å². The van der Waals surface area contributed by atoms with Crippen molar-refractivity contribution in [3.05, 3.63) is 34.1 Å². The van der Waals surface area contributed by atoms with Crippen molar-refractivity contribution >= 4 is 17.9 Å². The molecule has 0 saturated carbocycles. The minimum atomic E-state index is -0.533. The van der Waals surface area contributed by atoms with Crippen molar-refractivity contribution in [1.82, 2.24) is 14.9 Å². The van der Waals surface area contributed by atoms with Gasteiger partial charge < -0.3 is 15.3 Å². The standard InChI is InChI=1S/C13H17N7O4/c1-3-23-11-6-9(5-10(20(21)22)12(11)24-4-2)7-15-17-13-18-16-8-19(13)14/h5-8H,3-4,14H2,1-2H3,(H,17,18)/b15-7-. The molecule has 11 heteroatoms. The van der Waals surface area contributed by atoms with Gasteiger partial charge in [0, 0.05) is 11.6 Å². The van der Waals surface area contributed by atoms with Crippen molar-refractivity contribution in [2.75, 3.05) is 24.5 Å². The lowest BCUT2D eigenvalue weighted by Crippen LogP contribution is -2.10. The monoisotopic (exact) mass is 335 g/mol. The average Bonchev–Trinajstić information content (AvgIpc) is 2.95. The van der Waals surface area contributed by atoms with Crippen LogP contribution >= 0.6 is 0 Å². The molecule has 3 N–H and O–H groups in total. The van der Waals surface area contributed by atoms with Crippen LogP contribution in [0, 0.1) is 10.1 Å². The number of anilines is 1. The smallest absolute Gasteiger partial charge is 0.315 e. The summed E-state index contributed by atoms with van der Waals surface area (Å²) < 4.78 is 11.9. The van der Waals surface area contributed by atoms with Crippen molar-refractivity contribution in [2.45, 2.75) is 13.8 Å². The molecule has 128 valence electrons. The molecular formula is C13H17N7O4. The van der Waals surface area contributed by atoms with Gasteiger partial charge in [0.05, 0.1) is 24.4 Å². The van der Waals surface area contributed by atoms with E-state index in [0.29, 0.717) is 12.2 Å². The van der Waals surface area contributed by atoms with Gasteiger partial charge in [0.15, 0.2) is 5.75 Å². The molecule has 0 aliphatic carbocycles. The Morgan fingerprint density at radius 3 is 2.75 bits per heavy atom. The van der Waals surface area contributed by atoms with Gasteiger partial charge >= 0.3 is 5.69 Å². The van der Waals surface area contributed by atoms with E-state index in [4.69, 9.17) is 15.3 Å². The fourth-order valence-corrected chi connectivity index (χ4v) is 1.86. The second-order valence-electron chi connectivity index (χ2n) is 4.42. The van der Waals surface area contributed by atoms with Crippen molar-refractivity contribution in [1.29, 1.82) is 0 Å². The number of rotatable bonds is 8. The number of aromatic nitrogens is 3. The Balaban J connectivity index is 2.32. The quantitative estimate of drug-likeness (QED) is 0.316. The lowest BCUT2D eigenvalue weighted by molar-refractivity contribution is -0.385. The fraction of sp³-hybridized carbons (Fsp3) is 0.308. The van der Waals surface area contributed by atoms with Crippen molar-refractivity contribution in [3.8, 4) is 11.5 Å². The molecule has 0 unspecified atom stereocenters. The molecule has 0 fully saturated rings. The molecule has 0 atom stereocenters. The predicted octanol–water partition coefficient (Wildman–Crippen LogP) is 1.14. The number of nitrogens with two attached hydrogens (primary N) is 1. The minimum Gasteiger partial charge on any atom is -0.490 e. The van der Waals surface area contributed by atoms with Gasteiger partial charge in [-0.1, -0.05) is 0 Å². The van der Waals surface area contributed by atoms with Crippen molar-refractivity contribution in [3.63, 3.8) is 0 Å². The van der Waals surface area contributed by atoms with Crippen LogP contribution in [0.3, 0.4) is 0 Å². The molecule has 2 rings (SSSR count). The van der Waals surface area contributed by atoms with Crippen LogP contribution in [0.25, 0.3) is 0 Å². The molecular weight excluding hydrogens is 318 g/mol. The highest BCUT2D eigenvalue weighted by atomic mass is 16.6. The van der Waals surface area contributed by atoms with Crippen LogP contribution in [-0.4, -0.2) is 39.2 Å². The van der Waals surface area contributed by atoms with Crippen LogP contribution in [0.2, 0.25) is 0 Å². The Morgan fingerprint density at radius 1 is 1.42 bits per heavy atom. The van der Waals surface area contributed by atoms with Crippen LogP contribution in [-0.2, 0) is 0 Å². The summed E-state index contributed by atoms with van der Waals surface area (Å²) in [6.07, 6.45) is 2.67. The maximum absolute atomic E-state index is 11.3. The normalized spacial score (nSPS) is 10.8. The number of nitrogen functional groups attached to an aromatic ring is 1. The molecule has 1 aromatic heterocycles. The number of ether oxygens (including phenoxy) is 2. The third kappa shape index (κ3) is 3.88. The largest absolute Gasteiger partial charge is 0.490 e. The van der Waals surface area contributed by atoms with Gasteiger partial charge in [0.2, 0.25) is 5.75 Å². The zero-order valence-corrected chi connectivity index (χ0v) is 13.2. The SMILES string of the molecule is CCOc1cc(/C=N\Nc2nncn2N)cc([N+](=O)[O-])c1OCC. The van der Waals surface area contributed by atoms with E-state index in [0.717, 1.165) is 4.68 Å². The van der Waals surface area contributed by atoms with Crippen LogP contribution < -0.4 is 20.7 Å². The summed E-state index contributed by atoms with van der Waals surface area (Å²) in [5.74, 6) is 6.12. The van der Waals surface area contributed by atoms with E-state index in [1.54, 1.807) is 19.9 Å². The summed E-state index contributed by atoms with van der Waals surface area (Å²) >= 11 is 0.